The molecule has 4 aromatic rings. The number of hydrogen-bond donors (Lipinski definition) is 0. The Morgan fingerprint density at radius 3 is 2.38 bits per heavy atom. The fourth-order valence-corrected chi connectivity index (χ4v) is 8.10. The first-order valence-electron chi connectivity index (χ1n) is 15.0. The normalized spacial score (nSPS) is 21.9. The fraction of sp³-hybridized carbons (Fsp3) is 0.286. The van der Waals surface area contributed by atoms with Gasteiger partial charge in [0, 0.05) is 37.0 Å². The van der Waals surface area contributed by atoms with Crippen molar-refractivity contribution in [2.24, 2.45) is 0 Å². The second kappa shape index (κ2) is 11.3. The number of ether oxygens (including phenoxy) is 2. The summed E-state index contributed by atoms with van der Waals surface area (Å²) in [5.74, 6) is -0.885. The molecule has 0 spiro atoms. The lowest BCUT2D eigenvalue weighted by Crippen LogP contribution is -2.31. The van der Waals surface area contributed by atoms with Crippen LogP contribution >= 0.6 is 8.58 Å². The van der Waals surface area contributed by atoms with Gasteiger partial charge in [0.1, 0.15) is 11.9 Å². The van der Waals surface area contributed by atoms with Crippen molar-refractivity contribution in [2.45, 2.75) is 56.7 Å². The SMILES string of the molecule is COc1ncc2cc1-c1ccc(C(F)(F)F)cc1[C@@H]1CC[C@H]3[C@H](OC(=O)N13)c1cc(F)cc(c1)C(F)(F)PC(=O)c1cc(C)c-2c(C)c1. The third-order valence-electron chi connectivity index (χ3n) is 9.25. The Kier molecular flexibility index (Phi) is 7.58. The lowest BCUT2D eigenvalue weighted by Gasteiger charge is -2.26. The van der Waals surface area contributed by atoms with Crippen molar-refractivity contribution in [2.75, 3.05) is 7.11 Å². The topological polar surface area (TPSA) is 68.7 Å². The number of carbonyl (C=O) groups is 2. The second-order valence-corrected chi connectivity index (χ2v) is 13.6. The van der Waals surface area contributed by atoms with Gasteiger partial charge in [0.2, 0.25) is 5.88 Å². The van der Waals surface area contributed by atoms with Gasteiger partial charge in [0.05, 0.1) is 24.8 Å². The van der Waals surface area contributed by atoms with E-state index in [0.29, 0.717) is 39.4 Å². The smallest absolute Gasteiger partial charge is 0.416 e. The van der Waals surface area contributed by atoms with E-state index in [0.717, 1.165) is 24.3 Å². The number of aromatic nitrogens is 1. The number of carbonyl (C=O) groups excluding carboxylic acids is 2. The molecule has 3 aromatic carbocycles. The van der Waals surface area contributed by atoms with Gasteiger partial charge in [-0.05, 0) is 109 Å². The highest BCUT2D eigenvalue weighted by molar-refractivity contribution is 7.59. The highest BCUT2D eigenvalue weighted by Crippen LogP contribution is 2.53. The van der Waals surface area contributed by atoms with E-state index in [4.69, 9.17) is 9.47 Å². The van der Waals surface area contributed by atoms with E-state index in [-0.39, 0.29) is 35.4 Å². The summed E-state index contributed by atoms with van der Waals surface area (Å²) in [6, 6.07) is 8.95. The molecule has 0 N–H and O–H groups in total. The lowest BCUT2D eigenvalue weighted by atomic mass is 9.89. The average molecular weight is 685 g/mol. The van der Waals surface area contributed by atoms with Gasteiger partial charge in [-0.3, -0.25) is 9.69 Å². The van der Waals surface area contributed by atoms with E-state index in [1.54, 1.807) is 19.9 Å². The third kappa shape index (κ3) is 5.30. The summed E-state index contributed by atoms with van der Waals surface area (Å²) >= 11 is 0. The molecule has 1 unspecified atom stereocenters. The highest BCUT2D eigenvalue weighted by atomic mass is 31.1. The van der Waals surface area contributed by atoms with Crippen molar-refractivity contribution >= 4 is 20.2 Å². The number of hydrogen-bond acceptors (Lipinski definition) is 5. The molecule has 8 rings (SSSR count). The molecule has 4 atom stereocenters. The molecule has 48 heavy (non-hydrogen) atoms. The van der Waals surface area contributed by atoms with Gasteiger partial charge >= 0.3 is 12.3 Å². The molecule has 13 heteroatoms. The van der Waals surface area contributed by atoms with Gasteiger partial charge in [0.15, 0.2) is 5.52 Å². The van der Waals surface area contributed by atoms with Gasteiger partial charge in [-0.15, -0.1) is 0 Å². The maximum atomic E-state index is 15.7. The standard InChI is InChI=1S/C35H27F6N2O4P/c1-16-8-19-9-17(2)29(16)20-12-26(31(46-3)42-15-20)24-5-4-21(34(37,38)39)14-25(24)27-6-7-28-30(47-33(45)43(27)28)18-10-22(13-23(36)11-18)35(40,41)48-32(19)44/h4-5,8-15,27-28,30,48H,6-7H2,1-3H3/t27-,28-,30+/m0/s1. The first-order chi connectivity index (χ1) is 22.7. The zero-order valence-corrected chi connectivity index (χ0v) is 26.7. The Balaban J connectivity index is 1.50. The predicted octanol–water partition coefficient (Wildman–Crippen LogP) is 9.48. The van der Waals surface area contributed by atoms with Gasteiger partial charge in [-0.1, -0.05) is 6.07 Å². The minimum absolute atomic E-state index is 0.0415. The maximum Gasteiger partial charge on any atom is 0.416 e. The van der Waals surface area contributed by atoms with Gasteiger partial charge < -0.3 is 9.47 Å². The minimum atomic E-state index is -4.70. The maximum absolute atomic E-state index is 15.7. The number of alkyl halides is 5. The largest absolute Gasteiger partial charge is 0.481 e. The van der Waals surface area contributed by atoms with E-state index >= 15 is 8.78 Å². The number of nitrogens with zero attached hydrogens (tertiary/aromatic N) is 2. The molecule has 10 bridgehead atoms. The first-order valence-corrected chi connectivity index (χ1v) is 16.0. The summed E-state index contributed by atoms with van der Waals surface area (Å²) in [4.78, 5) is 32.5. The molecule has 4 aliphatic heterocycles. The third-order valence-corrected chi connectivity index (χ3v) is 10.4. The first kappa shape index (κ1) is 32.1. The molecule has 1 amide bonds. The predicted molar refractivity (Wildman–Crippen MR) is 166 cm³/mol. The Labute approximate surface area is 272 Å². The van der Waals surface area contributed by atoms with Crippen LogP contribution in [0, 0.1) is 19.7 Å². The molecule has 1 aromatic heterocycles. The van der Waals surface area contributed by atoms with E-state index in [1.165, 1.54) is 36.4 Å². The summed E-state index contributed by atoms with van der Waals surface area (Å²) in [5.41, 5.74) is -3.04. The molecule has 5 heterocycles. The summed E-state index contributed by atoms with van der Waals surface area (Å²) < 4.78 is 99.9. The van der Waals surface area contributed by atoms with E-state index in [9.17, 15) is 27.2 Å². The Morgan fingerprint density at radius 2 is 1.69 bits per heavy atom. The Bertz CT molecular complexity index is 1990. The molecule has 4 aliphatic rings. The molecule has 0 saturated carbocycles. The quantitative estimate of drug-likeness (QED) is 0.148. The molecule has 0 radical (unpaired) electrons. The van der Waals surface area contributed by atoms with Crippen LogP contribution in [0.3, 0.4) is 0 Å². The molecule has 0 aliphatic carbocycles. The van der Waals surface area contributed by atoms with Gasteiger partial charge in [-0.2, -0.15) is 22.0 Å². The van der Waals surface area contributed by atoms with Crippen molar-refractivity contribution in [3.05, 3.63) is 106 Å². The van der Waals surface area contributed by atoms with Crippen LogP contribution in [0.2, 0.25) is 0 Å². The Hall–Kier alpha value is -4.44. The monoisotopic (exact) mass is 684 g/mol. The van der Waals surface area contributed by atoms with Crippen molar-refractivity contribution in [3.63, 3.8) is 0 Å². The van der Waals surface area contributed by atoms with Crippen LogP contribution in [-0.4, -0.2) is 34.7 Å². The number of methoxy groups -OCH3 is 1. The zero-order valence-electron chi connectivity index (χ0n) is 25.7. The molecule has 2 saturated heterocycles. The number of benzene rings is 3. The van der Waals surface area contributed by atoms with Crippen LogP contribution in [0.1, 0.15) is 68.7 Å². The van der Waals surface area contributed by atoms with E-state index < -0.39 is 67.2 Å². The second-order valence-electron chi connectivity index (χ2n) is 12.2. The molecular formula is C35H27F6N2O4P. The number of pyridine rings is 1. The molecular weight excluding hydrogens is 657 g/mol. The molecule has 6 nitrogen and oxygen atoms in total. The van der Waals surface area contributed by atoms with Crippen molar-refractivity contribution < 1.29 is 45.4 Å². The van der Waals surface area contributed by atoms with Gasteiger partial charge in [-0.25, -0.2) is 14.2 Å². The lowest BCUT2D eigenvalue weighted by molar-refractivity contribution is -0.137. The van der Waals surface area contributed by atoms with Crippen molar-refractivity contribution in [3.8, 4) is 28.1 Å². The fourth-order valence-electron chi connectivity index (χ4n) is 7.24. The van der Waals surface area contributed by atoms with E-state index in [2.05, 4.69) is 4.98 Å². The van der Waals surface area contributed by atoms with Crippen molar-refractivity contribution in [1.29, 1.82) is 0 Å². The summed E-state index contributed by atoms with van der Waals surface area (Å²) in [7, 11) is -0.180. The zero-order chi connectivity index (χ0) is 34.3. The van der Waals surface area contributed by atoms with Crippen LogP contribution < -0.4 is 4.74 Å². The highest BCUT2D eigenvalue weighted by Gasteiger charge is 2.51. The minimum Gasteiger partial charge on any atom is -0.481 e. The van der Waals surface area contributed by atoms with Crippen LogP contribution in [0.15, 0.2) is 60.8 Å². The van der Waals surface area contributed by atoms with Crippen LogP contribution in [0.5, 0.6) is 5.88 Å². The summed E-state index contributed by atoms with van der Waals surface area (Å²) in [5, 5.41) is 0. The summed E-state index contributed by atoms with van der Waals surface area (Å²) in [6.45, 7) is 3.42. The number of rotatable bonds is 1. The van der Waals surface area contributed by atoms with Crippen molar-refractivity contribution in [1.82, 2.24) is 9.88 Å². The number of aryl methyl sites for hydroxylation is 2. The number of amides is 1. The molecule has 2 fully saturated rings. The van der Waals surface area contributed by atoms with E-state index in [1.807, 2.05) is 0 Å². The number of halogens is 6. The van der Waals surface area contributed by atoms with Crippen LogP contribution in [-0.2, 0) is 16.6 Å². The molecule has 248 valence electrons. The number of fused-ring (bicyclic) bond motifs is 4. The Morgan fingerprint density at radius 1 is 0.958 bits per heavy atom. The van der Waals surface area contributed by atoms with Crippen LogP contribution in [0.25, 0.3) is 22.3 Å². The van der Waals surface area contributed by atoms with Gasteiger partial charge in [0.25, 0.3) is 5.66 Å². The van der Waals surface area contributed by atoms with Crippen LogP contribution in [0.4, 0.5) is 31.1 Å². The average Bonchev–Trinajstić information content (AvgIpc) is 3.60. The summed E-state index contributed by atoms with van der Waals surface area (Å²) in [6.07, 6.45) is -4.78.